The molecule has 3 nitrogen and oxygen atoms in total. The minimum Gasteiger partial charge on any atom is -0.343 e. The van der Waals surface area contributed by atoms with E-state index in [1.165, 1.54) is 44.9 Å². The monoisotopic (exact) mass is 274 g/mol. The van der Waals surface area contributed by atoms with Crippen LogP contribution in [0.2, 0.25) is 0 Å². The van der Waals surface area contributed by atoms with Gasteiger partial charge in [0.15, 0.2) is 0 Å². The van der Waals surface area contributed by atoms with Crippen molar-refractivity contribution < 1.29 is 4.79 Å². The number of carbonyl (C=O) groups excluding carboxylic acids is 1. The predicted octanol–water partition coefficient (Wildman–Crippen LogP) is 2.59. The highest BCUT2D eigenvalue weighted by atomic mass is 35.5. The molecule has 0 aromatic heterocycles. The van der Waals surface area contributed by atoms with Gasteiger partial charge in [-0.3, -0.25) is 4.79 Å². The molecular formula is C14H27ClN2O. The Kier molecular flexibility index (Phi) is 7.02. The van der Waals surface area contributed by atoms with Crippen molar-refractivity contribution in [2.45, 2.75) is 57.4 Å². The Labute approximate surface area is 117 Å². The molecule has 2 aliphatic rings. The summed E-state index contributed by atoms with van der Waals surface area (Å²) in [5.41, 5.74) is 0. The lowest BCUT2D eigenvalue weighted by molar-refractivity contribution is -0.133. The van der Waals surface area contributed by atoms with Gasteiger partial charge in [0.05, 0.1) is 0 Å². The minimum atomic E-state index is 0. The topological polar surface area (TPSA) is 32.3 Å². The molecule has 1 saturated heterocycles. The van der Waals surface area contributed by atoms with Crippen molar-refractivity contribution in [1.29, 1.82) is 0 Å². The minimum absolute atomic E-state index is 0. The van der Waals surface area contributed by atoms with Crippen LogP contribution in [0, 0.1) is 5.92 Å². The van der Waals surface area contributed by atoms with Gasteiger partial charge in [0, 0.05) is 19.5 Å². The highest BCUT2D eigenvalue weighted by molar-refractivity contribution is 5.85. The molecule has 18 heavy (non-hydrogen) atoms. The molecule has 0 radical (unpaired) electrons. The smallest absolute Gasteiger partial charge is 0.222 e. The summed E-state index contributed by atoms with van der Waals surface area (Å²) >= 11 is 0. The maximum Gasteiger partial charge on any atom is 0.222 e. The fraction of sp³-hybridized carbons (Fsp3) is 0.929. The zero-order valence-electron chi connectivity index (χ0n) is 11.5. The molecule has 2 rings (SSSR count). The molecular weight excluding hydrogens is 248 g/mol. The highest BCUT2D eigenvalue weighted by Crippen LogP contribution is 2.24. The Bertz CT molecular complexity index is 248. The van der Waals surface area contributed by atoms with Crippen molar-refractivity contribution >= 4 is 18.3 Å². The van der Waals surface area contributed by atoms with E-state index in [4.69, 9.17) is 0 Å². The van der Waals surface area contributed by atoms with Crippen LogP contribution < -0.4 is 5.32 Å². The van der Waals surface area contributed by atoms with Crippen LogP contribution in [0.5, 0.6) is 0 Å². The number of nitrogens with zero attached hydrogens (tertiary/aromatic N) is 1. The summed E-state index contributed by atoms with van der Waals surface area (Å²) in [6.45, 7) is 2.18. The van der Waals surface area contributed by atoms with E-state index in [1.54, 1.807) is 0 Å². The summed E-state index contributed by atoms with van der Waals surface area (Å²) in [5, 5.41) is 3.36. The zero-order chi connectivity index (χ0) is 12.1. The molecule has 0 bridgehead atoms. The fourth-order valence-corrected chi connectivity index (χ4v) is 3.15. The average molecular weight is 275 g/mol. The zero-order valence-corrected chi connectivity index (χ0v) is 12.3. The van der Waals surface area contributed by atoms with E-state index in [-0.39, 0.29) is 12.4 Å². The van der Waals surface area contributed by atoms with E-state index < -0.39 is 0 Å². The summed E-state index contributed by atoms with van der Waals surface area (Å²) < 4.78 is 0. The van der Waals surface area contributed by atoms with Crippen LogP contribution in [0.15, 0.2) is 0 Å². The summed E-state index contributed by atoms with van der Waals surface area (Å²) in [6.07, 6.45) is 9.50. The standard InChI is InChI=1S/C14H26N2O.ClH/c1-16(13-5-3-2-4-6-13)14(17)11-12-7-9-15-10-8-12;/h12-13,15H,2-11H2,1H3;1H. The Morgan fingerprint density at radius 2 is 1.72 bits per heavy atom. The Balaban J connectivity index is 0.00000162. The van der Waals surface area contributed by atoms with Gasteiger partial charge in [0.25, 0.3) is 0 Å². The number of piperidine rings is 1. The summed E-state index contributed by atoms with van der Waals surface area (Å²) in [7, 11) is 2.01. The third-order valence-electron chi connectivity index (χ3n) is 4.44. The maximum absolute atomic E-state index is 12.2. The van der Waals surface area contributed by atoms with Gasteiger partial charge in [-0.05, 0) is 44.7 Å². The molecule has 1 N–H and O–H groups in total. The van der Waals surface area contributed by atoms with Gasteiger partial charge in [-0.2, -0.15) is 0 Å². The van der Waals surface area contributed by atoms with Gasteiger partial charge >= 0.3 is 0 Å². The SMILES string of the molecule is CN(C(=O)CC1CCNCC1)C1CCCCC1.Cl. The quantitative estimate of drug-likeness (QED) is 0.858. The van der Waals surface area contributed by atoms with Gasteiger partial charge < -0.3 is 10.2 Å². The first-order chi connectivity index (χ1) is 8.27. The van der Waals surface area contributed by atoms with Crippen LogP contribution in [0.25, 0.3) is 0 Å². The third kappa shape index (κ3) is 4.43. The first-order valence-electron chi connectivity index (χ1n) is 7.24. The molecule has 0 atom stereocenters. The number of hydrogen-bond donors (Lipinski definition) is 1. The molecule has 106 valence electrons. The van der Waals surface area contributed by atoms with Gasteiger partial charge in [-0.1, -0.05) is 19.3 Å². The predicted molar refractivity (Wildman–Crippen MR) is 77.1 cm³/mol. The second-order valence-corrected chi connectivity index (χ2v) is 5.69. The van der Waals surface area contributed by atoms with Crippen LogP contribution in [0.3, 0.4) is 0 Å². The Morgan fingerprint density at radius 3 is 2.33 bits per heavy atom. The fourth-order valence-electron chi connectivity index (χ4n) is 3.15. The largest absolute Gasteiger partial charge is 0.343 e. The lowest BCUT2D eigenvalue weighted by atomic mass is 9.91. The molecule has 1 aliphatic heterocycles. The highest BCUT2D eigenvalue weighted by Gasteiger charge is 2.24. The number of nitrogens with one attached hydrogen (secondary N) is 1. The molecule has 4 heteroatoms. The van der Waals surface area contributed by atoms with Gasteiger partial charge in [0.2, 0.25) is 5.91 Å². The third-order valence-corrected chi connectivity index (χ3v) is 4.44. The number of hydrogen-bond acceptors (Lipinski definition) is 2. The van der Waals surface area contributed by atoms with Crippen LogP contribution in [-0.2, 0) is 4.79 Å². The Morgan fingerprint density at radius 1 is 1.11 bits per heavy atom. The normalized spacial score (nSPS) is 22.3. The number of rotatable bonds is 3. The van der Waals surface area contributed by atoms with Crippen LogP contribution in [0.1, 0.15) is 51.4 Å². The average Bonchev–Trinajstić information content (AvgIpc) is 2.40. The molecule has 2 fully saturated rings. The molecule has 1 saturated carbocycles. The molecule has 1 aliphatic carbocycles. The summed E-state index contributed by atoms with van der Waals surface area (Å²) in [5.74, 6) is 0.999. The van der Waals surface area contributed by atoms with Crippen molar-refractivity contribution in [2.24, 2.45) is 5.92 Å². The molecule has 0 spiro atoms. The van der Waals surface area contributed by atoms with E-state index in [1.807, 2.05) is 11.9 Å². The molecule has 0 aromatic carbocycles. The maximum atomic E-state index is 12.2. The van der Waals surface area contributed by atoms with Crippen molar-refractivity contribution in [2.75, 3.05) is 20.1 Å². The van der Waals surface area contributed by atoms with E-state index in [0.29, 0.717) is 17.9 Å². The molecule has 1 amide bonds. The second-order valence-electron chi connectivity index (χ2n) is 5.69. The lowest BCUT2D eigenvalue weighted by Gasteiger charge is -2.33. The summed E-state index contributed by atoms with van der Waals surface area (Å²) in [4.78, 5) is 14.3. The number of halogens is 1. The summed E-state index contributed by atoms with van der Waals surface area (Å²) in [6, 6.07) is 0.526. The van der Waals surface area contributed by atoms with Crippen molar-refractivity contribution in [3.63, 3.8) is 0 Å². The van der Waals surface area contributed by atoms with Crippen LogP contribution in [-0.4, -0.2) is 37.0 Å². The second kappa shape index (κ2) is 8.00. The van der Waals surface area contributed by atoms with Crippen LogP contribution in [0.4, 0.5) is 0 Å². The van der Waals surface area contributed by atoms with E-state index in [0.717, 1.165) is 19.5 Å². The molecule has 0 unspecified atom stereocenters. The lowest BCUT2D eigenvalue weighted by Crippen LogP contribution is -2.40. The van der Waals surface area contributed by atoms with E-state index in [9.17, 15) is 4.79 Å². The molecule has 0 aromatic rings. The van der Waals surface area contributed by atoms with Gasteiger partial charge in [-0.15, -0.1) is 12.4 Å². The van der Waals surface area contributed by atoms with E-state index >= 15 is 0 Å². The van der Waals surface area contributed by atoms with Crippen molar-refractivity contribution in [3.8, 4) is 0 Å². The van der Waals surface area contributed by atoms with E-state index in [2.05, 4.69) is 5.32 Å². The van der Waals surface area contributed by atoms with Gasteiger partial charge in [0.1, 0.15) is 0 Å². The first-order valence-corrected chi connectivity index (χ1v) is 7.24. The Hall–Kier alpha value is -0.280. The number of carbonyl (C=O) groups is 1. The van der Waals surface area contributed by atoms with Gasteiger partial charge in [-0.25, -0.2) is 0 Å². The molecule has 1 heterocycles. The van der Waals surface area contributed by atoms with Crippen molar-refractivity contribution in [1.82, 2.24) is 10.2 Å². The van der Waals surface area contributed by atoms with Crippen LogP contribution >= 0.6 is 12.4 Å². The van der Waals surface area contributed by atoms with Crippen molar-refractivity contribution in [3.05, 3.63) is 0 Å². The number of amides is 1. The first kappa shape index (κ1) is 15.8.